The molecule has 11 heteroatoms. The Balaban J connectivity index is 1.61. The second kappa shape index (κ2) is 11.9. The number of aryl methyl sites for hydroxylation is 1. The van der Waals surface area contributed by atoms with Gasteiger partial charge >= 0.3 is 0 Å². The van der Waals surface area contributed by atoms with Crippen LogP contribution in [0.15, 0.2) is 50.3 Å². The van der Waals surface area contributed by atoms with Crippen LogP contribution < -0.4 is 14.9 Å². The highest BCUT2D eigenvalue weighted by molar-refractivity contribution is 9.10. The molecule has 3 aromatic rings. The summed E-state index contributed by atoms with van der Waals surface area (Å²) in [6.45, 7) is 4.43. The largest absolute Gasteiger partial charge is 0.490 e. The summed E-state index contributed by atoms with van der Waals surface area (Å²) in [5.41, 5.74) is 4.03. The number of hydrogen-bond acceptors (Lipinski definition) is 8. The number of aromatic nitrogens is 2. The Hall–Kier alpha value is -2.50. The normalized spacial score (nSPS) is 11.0. The van der Waals surface area contributed by atoms with Crippen LogP contribution in [0.2, 0.25) is 0 Å². The maximum atomic E-state index is 13.1. The van der Waals surface area contributed by atoms with E-state index in [0.29, 0.717) is 28.1 Å². The second-order valence-corrected chi connectivity index (χ2v) is 9.61. The molecule has 1 amide bonds. The summed E-state index contributed by atoms with van der Waals surface area (Å²) in [5, 5.41) is 12.7. The molecule has 0 atom stereocenters. The van der Waals surface area contributed by atoms with Gasteiger partial charge < -0.3 is 9.47 Å². The van der Waals surface area contributed by atoms with Gasteiger partial charge in [-0.05, 0) is 65.2 Å². The number of carbonyl (C=O) groups excluding carboxylic acids is 1. The van der Waals surface area contributed by atoms with E-state index in [2.05, 4.69) is 36.7 Å². The first-order valence-electron chi connectivity index (χ1n) is 9.53. The van der Waals surface area contributed by atoms with Gasteiger partial charge in [-0.1, -0.05) is 35.2 Å². The number of ether oxygens (including phenoxy) is 2. The van der Waals surface area contributed by atoms with Gasteiger partial charge in [0.25, 0.3) is 5.91 Å². The molecule has 168 valence electrons. The lowest BCUT2D eigenvalue weighted by Crippen LogP contribution is -2.19. The molecular weight excluding hydrogens is 519 g/mol. The van der Waals surface area contributed by atoms with Crippen LogP contribution in [0, 0.1) is 12.7 Å². The van der Waals surface area contributed by atoms with Crippen LogP contribution >= 0.6 is 39.0 Å². The summed E-state index contributed by atoms with van der Waals surface area (Å²) in [7, 11) is 0. The molecule has 2 aromatic carbocycles. The van der Waals surface area contributed by atoms with Crippen molar-refractivity contribution in [3.63, 3.8) is 0 Å². The van der Waals surface area contributed by atoms with Crippen LogP contribution in [0.3, 0.4) is 0 Å². The van der Waals surface area contributed by atoms with E-state index >= 15 is 0 Å². The van der Waals surface area contributed by atoms with Gasteiger partial charge in [0.15, 0.2) is 15.8 Å². The number of nitrogens with one attached hydrogen (secondary N) is 1. The molecule has 0 saturated carbocycles. The zero-order valence-corrected chi connectivity index (χ0v) is 20.5. The SMILES string of the molecule is CCOc1cc(/C=N/NC(=O)CSc2nnc(C)s2)cc(Br)c1OCc1ccc(F)cc1. The highest BCUT2D eigenvalue weighted by Gasteiger charge is 2.12. The van der Waals surface area contributed by atoms with E-state index in [1.807, 2.05) is 13.8 Å². The number of amides is 1. The summed E-state index contributed by atoms with van der Waals surface area (Å²) >= 11 is 6.24. The van der Waals surface area contributed by atoms with Crippen molar-refractivity contribution in [3.05, 3.63) is 62.8 Å². The van der Waals surface area contributed by atoms with Crippen molar-refractivity contribution in [2.24, 2.45) is 5.10 Å². The standard InChI is InChI=1S/C21H20BrFN4O3S2/c1-3-29-18-9-15(10-24-26-19(28)12-31-21-27-25-13(2)32-21)8-17(22)20(18)30-11-14-4-6-16(23)7-5-14/h4-10H,3,11-12H2,1-2H3,(H,26,28)/b24-10+. The lowest BCUT2D eigenvalue weighted by atomic mass is 10.2. The average molecular weight is 539 g/mol. The minimum Gasteiger partial charge on any atom is -0.490 e. The molecule has 32 heavy (non-hydrogen) atoms. The van der Waals surface area contributed by atoms with Crippen molar-refractivity contribution in [1.82, 2.24) is 15.6 Å². The van der Waals surface area contributed by atoms with Crippen LogP contribution in [0.4, 0.5) is 4.39 Å². The molecule has 0 spiro atoms. The van der Waals surface area contributed by atoms with Gasteiger partial charge in [-0.25, -0.2) is 9.82 Å². The molecule has 0 aliphatic carbocycles. The molecule has 1 aromatic heterocycles. The van der Waals surface area contributed by atoms with Crippen molar-refractivity contribution in [1.29, 1.82) is 0 Å². The Morgan fingerprint density at radius 1 is 1.28 bits per heavy atom. The number of halogens is 2. The first-order valence-corrected chi connectivity index (χ1v) is 12.1. The Kier molecular flexibility index (Phi) is 9.00. The third-order valence-electron chi connectivity index (χ3n) is 3.87. The van der Waals surface area contributed by atoms with Gasteiger partial charge in [-0.2, -0.15) is 5.10 Å². The molecule has 0 aliphatic heterocycles. The van der Waals surface area contributed by atoms with Crippen molar-refractivity contribution >= 4 is 51.2 Å². The van der Waals surface area contributed by atoms with Gasteiger partial charge in [0.05, 0.1) is 23.0 Å². The third kappa shape index (κ3) is 7.28. The third-order valence-corrected chi connectivity index (χ3v) is 6.43. The highest BCUT2D eigenvalue weighted by Crippen LogP contribution is 2.37. The molecule has 3 rings (SSSR count). The number of thioether (sulfide) groups is 1. The Bertz CT molecular complexity index is 1090. The highest BCUT2D eigenvalue weighted by atomic mass is 79.9. The molecule has 7 nitrogen and oxygen atoms in total. The minimum atomic E-state index is -0.297. The molecule has 0 unspecified atom stereocenters. The second-order valence-electron chi connectivity index (χ2n) is 6.35. The molecule has 1 heterocycles. The van der Waals surface area contributed by atoms with E-state index in [4.69, 9.17) is 9.47 Å². The van der Waals surface area contributed by atoms with Crippen molar-refractivity contribution < 1.29 is 18.7 Å². The molecule has 0 aliphatic rings. The number of rotatable bonds is 10. The van der Waals surface area contributed by atoms with Crippen molar-refractivity contribution in [2.75, 3.05) is 12.4 Å². The summed E-state index contributed by atoms with van der Waals surface area (Å²) in [4.78, 5) is 12.0. The predicted molar refractivity (Wildman–Crippen MR) is 127 cm³/mol. The van der Waals surface area contributed by atoms with Crippen molar-refractivity contribution in [3.8, 4) is 11.5 Å². The monoisotopic (exact) mass is 538 g/mol. The number of hydrazone groups is 1. The van der Waals surface area contributed by atoms with Crippen LogP contribution in [0.1, 0.15) is 23.1 Å². The fraction of sp³-hybridized carbons (Fsp3) is 0.238. The van der Waals surface area contributed by atoms with Crippen LogP contribution in [0.25, 0.3) is 0 Å². The predicted octanol–water partition coefficient (Wildman–Crippen LogP) is 4.97. The van der Waals surface area contributed by atoms with E-state index < -0.39 is 0 Å². The Labute approximate surface area is 201 Å². The van der Waals surface area contributed by atoms with E-state index in [1.165, 1.54) is 41.4 Å². The number of nitrogens with zero attached hydrogens (tertiary/aromatic N) is 3. The van der Waals surface area contributed by atoms with Crippen LogP contribution in [-0.2, 0) is 11.4 Å². The van der Waals surface area contributed by atoms with Gasteiger partial charge in [0.2, 0.25) is 0 Å². The molecule has 1 N–H and O–H groups in total. The van der Waals surface area contributed by atoms with Gasteiger partial charge in [-0.3, -0.25) is 4.79 Å². The average Bonchev–Trinajstić information content (AvgIpc) is 3.18. The number of benzene rings is 2. The van der Waals surface area contributed by atoms with E-state index in [1.54, 1.807) is 24.3 Å². The quantitative estimate of drug-likeness (QED) is 0.223. The fourth-order valence-electron chi connectivity index (χ4n) is 2.48. The maximum Gasteiger partial charge on any atom is 0.250 e. The number of carbonyl (C=O) groups is 1. The molecular formula is C21H20BrFN4O3S2. The summed E-state index contributed by atoms with van der Waals surface area (Å²) < 4.78 is 26.1. The van der Waals surface area contributed by atoms with E-state index in [-0.39, 0.29) is 24.1 Å². The minimum absolute atomic E-state index is 0.191. The zero-order valence-electron chi connectivity index (χ0n) is 17.3. The fourth-order valence-corrected chi connectivity index (χ4v) is 4.66. The molecule has 0 bridgehead atoms. The first-order chi connectivity index (χ1) is 15.4. The van der Waals surface area contributed by atoms with E-state index in [9.17, 15) is 9.18 Å². The molecule has 0 fully saturated rings. The lowest BCUT2D eigenvalue weighted by molar-refractivity contribution is -0.118. The smallest absolute Gasteiger partial charge is 0.250 e. The zero-order chi connectivity index (χ0) is 22.9. The maximum absolute atomic E-state index is 13.1. The van der Waals surface area contributed by atoms with Crippen LogP contribution in [-0.4, -0.2) is 34.7 Å². The lowest BCUT2D eigenvalue weighted by Gasteiger charge is -2.14. The molecule has 0 radical (unpaired) electrons. The summed E-state index contributed by atoms with van der Waals surface area (Å²) in [5.74, 6) is 0.702. The Morgan fingerprint density at radius 3 is 2.75 bits per heavy atom. The van der Waals surface area contributed by atoms with Crippen LogP contribution in [0.5, 0.6) is 11.5 Å². The van der Waals surface area contributed by atoms with Gasteiger partial charge in [0.1, 0.15) is 17.4 Å². The first kappa shape index (κ1) is 24.1. The van der Waals surface area contributed by atoms with Gasteiger partial charge in [-0.15, -0.1) is 10.2 Å². The molecule has 0 saturated heterocycles. The summed E-state index contributed by atoms with van der Waals surface area (Å²) in [6, 6.07) is 9.67. The topological polar surface area (TPSA) is 85.7 Å². The summed E-state index contributed by atoms with van der Waals surface area (Å²) in [6.07, 6.45) is 1.52. The van der Waals surface area contributed by atoms with Crippen molar-refractivity contribution in [2.45, 2.75) is 24.8 Å². The van der Waals surface area contributed by atoms with E-state index in [0.717, 1.165) is 14.9 Å². The Morgan fingerprint density at radius 2 is 2.06 bits per heavy atom. The number of hydrogen-bond donors (Lipinski definition) is 1. The van der Waals surface area contributed by atoms with Gasteiger partial charge in [0, 0.05) is 0 Å².